The molecule has 0 saturated carbocycles. The second-order valence-electron chi connectivity index (χ2n) is 11.3. The van der Waals surface area contributed by atoms with E-state index in [9.17, 15) is 19.5 Å². The summed E-state index contributed by atoms with van der Waals surface area (Å²) in [5.74, 6) is -1.04. The number of fused-ring (bicyclic) bond motifs is 1. The molecule has 1 spiro atoms. The summed E-state index contributed by atoms with van der Waals surface area (Å²) in [6.45, 7) is 7.55. The van der Waals surface area contributed by atoms with Crippen LogP contribution in [-0.2, 0) is 25.7 Å². The number of aliphatic hydroxyl groups excluding tert-OH is 1. The fraction of sp³-hybridized carbons (Fsp3) is 0.690. The van der Waals surface area contributed by atoms with Crippen molar-refractivity contribution in [1.29, 1.82) is 0 Å². The number of carbonyl (C=O) groups is 3. The van der Waals surface area contributed by atoms with Gasteiger partial charge in [-0.2, -0.15) is 0 Å². The summed E-state index contributed by atoms with van der Waals surface area (Å²) in [4.78, 5) is 45.6. The Morgan fingerprint density at radius 1 is 1.08 bits per heavy atom. The molecule has 4 fully saturated rings. The van der Waals surface area contributed by atoms with Gasteiger partial charge in [-0.25, -0.2) is 0 Å². The molecule has 0 aromatic heterocycles. The number of nitrogens with one attached hydrogen (secondary N) is 2. The summed E-state index contributed by atoms with van der Waals surface area (Å²) in [7, 11) is 0. The third kappa shape index (κ3) is 5.58. The average Bonchev–Trinajstić information content (AvgIpc) is 3.54. The summed E-state index contributed by atoms with van der Waals surface area (Å²) in [5.41, 5.74) is 1.02. The van der Waals surface area contributed by atoms with Gasteiger partial charge in [0.1, 0.15) is 6.04 Å². The fourth-order valence-electron chi connectivity index (χ4n) is 7.09. The first kappa shape index (κ1) is 28.4. The lowest BCUT2D eigenvalue weighted by Gasteiger charge is -2.38. The van der Waals surface area contributed by atoms with E-state index in [1.165, 1.54) is 0 Å². The summed E-state index contributed by atoms with van der Waals surface area (Å²) >= 11 is 1.71. The van der Waals surface area contributed by atoms with Crippen molar-refractivity contribution < 1.29 is 24.2 Å². The Morgan fingerprint density at radius 2 is 1.85 bits per heavy atom. The van der Waals surface area contributed by atoms with E-state index < -0.39 is 22.6 Å². The zero-order valence-electron chi connectivity index (χ0n) is 22.8. The largest absolute Gasteiger partial charge is 0.396 e. The van der Waals surface area contributed by atoms with Gasteiger partial charge >= 0.3 is 0 Å². The van der Waals surface area contributed by atoms with Crippen LogP contribution in [0.1, 0.15) is 38.2 Å². The Balaban J connectivity index is 1.33. The highest BCUT2D eigenvalue weighted by Gasteiger charge is 2.75. The number of benzene rings is 1. The molecule has 4 aliphatic heterocycles. The van der Waals surface area contributed by atoms with E-state index in [1.807, 2.05) is 30.3 Å². The van der Waals surface area contributed by atoms with Crippen molar-refractivity contribution in [3.8, 4) is 0 Å². The van der Waals surface area contributed by atoms with Crippen LogP contribution >= 0.6 is 11.8 Å². The third-order valence-electron chi connectivity index (χ3n) is 8.99. The molecule has 3 unspecified atom stereocenters. The Labute approximate surface area is 235 Å². The number of unbranched alkanes of at least 4 members (excludes halogenated alkanes) is 2. The fourth-order valence-corrected chi connectivity index (χ4v) is 9.51. The SMILES string of the molecule is CC1C[C@H]2SC13C(C(=O)NCCN1CCOCC1)N(CCCCCO)C(=O)[C@@H]3[C@H]2C(=O)NCc1ccccc1. The first-order chi connectivity index (χ1) is 19.0. The van der Waals surface area contributed by atoms with Gasteiger partial charge in [0, 0.05) is 51.1 Å². The number of hydrogen-bond acceptors (Lipinski definition) is 7. The lowest BCUT2D eigenvalue weighted by molar-refractivity contribution is -0.140. The second-order valence-corrected chi connectivity index (χ2v) is 12.9. The van der Waals surface area contributed by atoms with Crippen molar-refractivity contribution in [2.24, 2.45) is 17.8 Å². The van der Waals surface area contributed by atoms with E-state index in [4.69, 9.17) is 4.74 Å². The first-order valence-electron chi connectivity index (χ1n) is 14.5. The van der Waals surface area contributed by atoms with Crippen LogP contribution in [0.25, 0.3) is 0 Å². The Bertz CT molecular complexity index is 1020. The standard InChI is InChI=1S/C29H42N4O5S/c1-20-18-22-23(26(35)31-19-21-8-4-2-5-9-21)24-28(37)33(11-6-3-7-15-34)25(29(20,24)39-22)27(36)30-10-12-32-13-16-38-17-14-32/h2,4-5,8-9,20,22-25,34H,3,6-7,10-19H2,1H3,(H,30,36)(H,31,35)/t20?,22-,23+,24+,25?,29?/m1/s1. The molecular formula is C29H42N4O5S. The lowest BCUT2D eigenvalue weighted by atomic mass is 9.66. The van der Waals surface area contributed by atoms with E-state index in [0.717, 1.165) is 44.5 Å². The number of thioether (sulfide) groups is 1. The van der Waals surface area contributed by atoms with Crippen LogP contribution in [0, 0.1) is 17.8 Å². The van der Waals surface area contributed by atoms with Gasteiger partial charge in [0.2, 0.25) is 17.7 Å². The molecule has 0 aliphatic carbocycles. The van der Waals surface area contributed by atoms with Crippen LogP contribution in [0.3, 0.4) is 0 Å². The molecule has 0 radical (unpaired) electrons. The highest BCUT2D eigenvalue weighted by molar-refractivity contribution is 8.02. The minimum atomic E-state index is -0.601. The van der Waals surface area contributed by atoms with Crippen LogP contribution in [0.2, 0.25) is 0 Å². The molecule has 1 aromatic rings. The highest BCUT2D eigenvalue weighted by atomic mass is 32.2. The van der Waals surface area contributed by atoms with Crippen molar-refractivity contribution in [3.63, 3.8) is 0 Å². The van der Waals surface area contributed by atoms with Gasteiger partial charge in [-0.05, 0) is 37.2 Å². The number of morpholine rings is 1. The minimum absolute atomic E-state index is 0.0323. The van der Waals surface area contributed by atoms with Gasteiger partial charge in [-0.1, -0.05) is 37.3 Å². The van der Waals surface area contributed by atoms with E-state index >= 15 is 0 Å². The summed E-state index contributed by atoms with van der Waals surface area (Å²) in [6.07, 6.45) is 3.01. The quantitative estimate of drug-likeness (QED) is 0.331. The smallest absolute Gasteiger partial charge is 0.244 e. The minimum Gasteiger partial charge on any atom is -0.396 e. The Morgan fingerprint density at radius 3 is 2.59 bits per heavy atom. The average molecular weight is 559 g/mol. The number of ether oxygens (including phenoxy) is 1. The van der Waals surface area contributed by atoms with Crippen LogP contribution in [-0.4, -0.2) is 101 Å². The monoisotopic (exact) mass is 558 g/mol. The van der Waals surface area contributed by atoms with Crippen molar-refractivity contribution in [2.75, 3.05) is 52.5 Å². The number of rotatable bonds is 12. The number of hydrogen-bond donors (Lipinski definition) is 3. The van der Waals surface area contributed by atoms with Gasteiger partial charge < -0.3 is 25.4 Å². The van der Waals surface area contributed by atoms with E-state index in [1.54, 1.807) is 16.7 Å². The van der Waals surface area contributed by atoms with Crippen molar-refractivity contribution >= 4 is 29.5 Å². The van der Waals surface area contributed by atoms with Gasteiger partial charge in [0.05, 0.1) is 29.8 Å². The molecule has 9 nitrogen and oxygen atoms in total. The van der Waals surface area contributed by atoms with Gasteiger partial charge in [0.15, 0.2) is 0 Å². The molecule has 10 heteroatoms. The number of carbonyl (C=O) groups excluding carboxylic acids is 3. The molecule has 3 amide bonds. The molecular weight excluding hydrogens is 516 g/mol. The van der Waals surface area contributed by atoms with Crippen molar-refractivity contribution in [1.82, 2.24) is 20.4 Å². The van der Waals surface area contributed by atoms with E-state index in [-0.39, 0.29) is 35.5 Å². The Kier molecular flexibility index (Phi) is 9.16. The zero-order chi connectivity index (χ0) is 27.4. The lowest BCUT2D eigenvalue weighted by Crippen LogP contribution is -2.57. The van der Waals surface area contributed by atoms with Crippen molar-refractivity contribution in [2.45, 2.75) is 55.2 Å². The van der Waals surface area contributed by atoms with E-state index in [0.29, 0.717) is 39.3 Å². The molecule has 39 heavy (non-hydrogen) atoms. The second kappa shape index (κ2) is 12.6. The third-order valence-corrected chi connectivity index (χ3v) is 11.1. The number of aliphatic hydroxyl groups is 1. The van der Waals surface area contributed by atoms with Gasteiger partial charge in [0.25, 0.3) is 0 Å². The zero-order valence-corrected chi connectivity index (χ0v) is 23.7. The number of likely N-dealkylation sites (tertiary alicyclic amines) is 1. The molecule has 3 N–H and O–H groups in total. The first-order valence-corrected chi connectivity index (χ1v) is 15.3. The van der Waals surface area contributed by atoms with Crippen LogP contribution in [0.15, 0.2) is 30.3 Å². The topological polar surface area (TPSA) is 111 Å². The Hall–Kier alpha value is -2.14. The maximum absolute atomic E-state index is 14.1. The molecule has 4 heterocycles. The predicted octanol–water partition coefficient (Wildman–Crippen LogP) is 1.25. The molecule has 4 saturated heterocycles. The number of amides is 3. The molecule has 5 rings (SSSR count). The molecule has 6 atom stereocenters. The van der Waals surface area contributed by atoms with Crippen LogP contribution < -0.4 is 10.6 Å². The molecule has 4 aliphatic rings. The van der Waals surface area contributed by atoms with Gasteiger partial charge in [-0.15, -0.1) is 11.8 Å². The van der Waals surface area contributed by atoms with Crippen molar-refractivity contribution in [3.05, 3.63) is 35.9 Å². The predicted molar refractivity (Wildman–Crippen MR) is 150 cm³/mol. The molecule has 2 bridgehead atoms. The summed E-state index contributed by atoms with van der Waals surface area (Å²) in [6, 6.07) is 9.20. The number of nitrogens with zero attached hydrogens (tertiary/aromatic N) is 2. The summed E-state index contributed by atoms with van der Waals surface area (Å²) in [5, 5.41) is 15.5. The molecule has 214 valence electrons. The maximum Gasteiger partial charge on any atom is 0.244 e. The maximum atomic E-state index is 14.1. The molecule has 1 aromatic carbocycles. The van der Waals surface area contributed by atoms with Crippen LogP contribution in [0.4, 0.5) is 0 Å². The van der Waals surface area contributed by atoms with Gasteiger partial charge in [-0.3, -0.25) is 19.3 Å². The normalized spacial score (nSPS) is 31.9. The highest BCUT2D eigenvalue weighted by Crippen LogP contribution is 2.68. The van der Waals surface area contributed by atoms with Crippen LogP contribution in [0.5, 0.6) is 0 Å². The summed E-state index contributed by atoms with van der Waals surface area (Å²) < 4.78 is 4.83. The van der Waals surface area contributed by atoms with E-state index in [2.05, 4.69) is 22.5 Å².